The summed E-state index contributed by atoms with van der Waals surface area (Å²) in [5, 5.41) is 12.6. The Kier molecular flexibility index (Phi) is 8.25. The van der Waals surface area contributed by atoms with Crippen LogP contribution in [-0.4, -0.2) is 48.3 Å². The first-order valence-corrected chi connectivity index (χ1v) is 10.9. The fourth-order valence-electron chi connectivity index (χ4n) is 3.75. The van der Waals surface area contributed by atoms with Crippen LogP contribution in [0.4, 0.5) is 4.39 Å². The van der Waals surface area contributed by atoms with Gasteiger partial charge in [0, 0.05) is 29.8 Å². The molecule has 0 aliphatic heterocycles. The van der Waals surface area contributed by atoms with E-state index in [9.17, 15) is 19.1 Å². The third-order valence-electron chi connectivity index (χ3n) is 5.48. The lowest BCUT2D eigenvalue weighted by Crippen LogP contribution is -2.41. The average molecular weight is 483 g/mol. The van der Waals surface area contributed by atoms with Crippen LogP contribution in [0.2, 0.25) is 0 Å². The highest BCUT2D eigenvalue weighted by Gasteiger charge is 2.30. The van der Waals surface area contributed by atoms with E-state index in [1.54, 1.807) is 13.0 Å². The van der Waals surface area contributed by atoms with Crippen LogP contribution in [0.25, 0.3) is 0 Å². The summed E-state index contributed by atoms with van der Waals surface area (Å²) in [4.78, 5) is 29.3. The van der Waals surface area contributed by atoms with Crippen LogP contribution in [0, 0.1) is 5.82 Å². The van der Waals surface area contributed by atoms with Crippen molar-refractivity contribution in [2.45, 2.75) is 31.9 Å². The number of hydrogen-bond acceptors (Lipinski definition) is 7. The van der Waals surface area contributed by atoms with Crippen molar-refractivity contribution < 1.29 is 33.3 Å². The molecule has 0 saturated carbocycles. The molecule has 1 heterocycles. The molecule has 0 saturated heterocycles. The van der Waals surface area contributed by atoms with Gasteiger partial charge in [0.1, 0.15) is 23.7 Å². The summed E-state index contributed by atoms with van der Waals surface area (Å²) < 4.78 is 29.9. The van der Waals surface area contributed by atoms with E-state index in [-0.39, 0.29) is 11.4 Å². The Hall–Kier alpha value is -4.14. The molecule has 0 unspecified atom stereocenters. The zero-order valence-corrected chi connectivity index (χ0v) is 19.8. The quantitative estimate of drug-likeness (QED) is 0.447. The van der Waals surface area contributed by atoms with E-state index in [0.29, 0.717) is 11.3 Å². The first-order chi connectivity index (χ1) is 16.8. The standard InChI is InChI=1S/C26H27FN2O6/c1-15(29-25(31)23-24(30)20(33-3)12-13-28-23)26(32)35-16(2)22(17-8-6-5-7-9-17)19-11-10-18(27)14-21(19)34-4/h5-16,22,30H,1-4H3,(H,29,31)/t15-,16-,22+/m0/s1. The number of hydrogen-bond donors (Lipinski definition) is 2. The molecule has 0 spiro atoms. The molecular weight excluding hydrogens is 455 g/mol. The molecule has 0 radical (unpaired) electrons. The van der Waals surface area contributed by atoms with Gasteiger partial charge in [0.25, 0.3) is 5.91 Å². The van der Waals surface area contributed by atoms with Crippen LogP contribution in [-0.2, 0) is 9.53 Å². The largest absolute Gasteiger partial charge is 0.503 e. The van der Waals surface area contributed by atoms with Crippen LogP contribution >= 0.6 is 0 Å². The Morgan fingerprint density at radius 1 is 1.00 bits per heavy atom. The van der Waals surface area contributed by atoms with E-state index in [1.807, 2.05) is 30.3 Å². The number of pyridine rings is 1. The minimum Gasteiger partial charge on any atom is -0.503 e. The van der Waals surface area contributed by atoms with Gasteiger partial charge in [-0.25, -0.2) is 14.2 Å². The van der Waals surface area contributed by atoms with Gasteiger partial charge in [-0.05, 0) is 25.5 Å². The van der Waals surface area contributed by atoms with Gasteiger partial charge in [-0.1, -0.05) is 36.4 Å². The highest BCUT2D eigenvalue weighted by Crippen LogP contribution is 2.36. The third kappa shape index (κ3) is 5.87. The van der Waals surface area contributed by atoms with Crippen molar-refractivity contribution in [2.24, 2.45) is 0 Å². The summed E-state index contributed by atoms with van der Waals surface area (Å²) in [5.41, 5.74) is 1.19. The van der Waals surface area contributed by atoms with E-state index in [4.69, 9.17) is 14.2 Å². The van der Waals surface area contributed by atoms with Gasteiger partial charge >= 0.3 is 5.97 Å². The van der Waals surface area contributed by atoms with E-state index in [1.165, 1.54) is 45.5 Å². The summed E-state index contributed by atoms with van der Waals surface area (Å²) >= 11 is 0. The molecule has 9 heteroatoms. The Balaban J connectivity index is 1.80. The minimum atomic E-state index is -1.05. The monoisotopic (exact) mass is 482 g/mol. The summed E-state index contributed by atoms with van der Waals surface area (Å²) in [7, 11) is 2.79. The lowest BCUT2D eigenvalue weighted by Gasteiger charge is -2.27. The van der Waals surface area contributed by atoms with Crippen LogP contribution in [0.3, 0.4) is 0 Å². The molecule has 184 valence electrons. The van der Waals surface area contributed by atoms with Crippen molar-refractivity contribution in [3.8, 4) is 17.2 Å². The van der Waals surface area contributed by atoms with Gasteiger partial charge in [0.05, 0.1) is 14.2 Å². The van der Waals surface area contributed by atoms with Crippen molar-refractivity contribution in [1.29, 1.82) is 0 Å². The maximum absolute atomic E-state index is 13.8. The molecule has 2 N–H and O–H groups in total. The lowest BCUT2D eigenvalue weighted by molar-refractivity contribution is -0.150. The number of aromatic hydroxyl groups is 1. The highest BCUT2D eigenvalue weighted by molar-refractivity contribution is 5.97. The second kappa shape index (κ2) is 11.3. The maximum Gasteiger partial charge on any atom is 0.328 e. The summed E-state index contributed by atoms with van der Waals surface area (Å²) in [6, 6.07) is 13.8. The highest BCUT2D eigenvalue weighted by atomic mass is 19.1. The topological polar surface area (TPSA) is 107 Å². The maximum atomic E-state index is 13.8. The number of carbonyl (C=O) groups excluding carboxylic acids is 2. The molecule has 0 aliphatic rings. The number of carbonyl (C=O) groups is 2. The van der Waals surface area contributed by atoms with Gasteiger partial charge in [0.15, 0.2) is 17.2 Å². The Morgan fingerprint density at radius 3 is 2.34 bits per heavy atom. The van der Waals surface area contributed by atoms with E-state index < -0.39 is 41.5 Å². The number of benzene rings is 2. The van der Waals surface area contributed by atoms with Crippen molar-refractivity contribution >= 4 is 11.9 Å². The number of rotatable bonds is 9. The molecule has 2 aromatic carbocycles. The Bertz CT molecular complexity index is 1190. The lowest BCUT2D eigenvalue weighted by atomic mass is 9.86. The molecule has 3 atom stereocenters. The molecule has 3 aromatic rings. The fraction of sp³-hybridized carbons (Fsp3) is 0.269. The zero-order chi connectivity index (χ0) is 25.5. The molecule has 0 bridgehead atoms. The predicted molar refractivity (Wildman–Crippen MR) is 126 cm³/mol. The number of aromatic nitrogens is 1. The summed E-state index contributed by atoms with van der Waals surface area (Å²) in [5.74, 6) is -2.42. The number of methoxy groups -OCH3 is 2. The van der Waals surface area contributed by atoms with Crippen LogP contribution in [0.5, 0.6) is 17.2 Å². The third-order valence-corrected chi connectivity index (χ3v) is 5.48. The first-order valence-electron chi connectivity index (χ1n) is 10.9. The number of amides is 1. The molecule has 8 nitrogen and oxygen atoms in total. The smallest absolute Gasteiger partial charge is 0.328 e. The van der Waals surface area contributed by atoms with Gasteiger partial charge in [0.2, 0.25) is 0 Å². The van der Waals surface area contributed by atoms with E-state index in [0.717, 1.165) is 5.56 Å². The predicted octanol–water partition coefficient (Wildman–Crippen LogP) is 3.83. The fourth-order valence-corrected chi connectivity index (χ4v) is 3.75. The molecule has 3 rings (SSSR count). The van der Waals surface area contributed by atoms with Gasteiger partial charge < -0.3 is 24.6 Å². The van der Waals surface area contributed by atoms with Crippen LogP contribution < -0.4 is 14.8 Å². The molecular formula is C26H27FN2O6. The molecule has 1 amide bonds. The van der Waals surface area contributed by atoms with E-state index in [2.05, 4.69) is 10.3 Å². The number of nitrogens with zero attached hydrogens (tertiary/aromatic N) is 1. The average Bonchev–Trinajstić information content (AvgIpc) is 2.85. The molecule has 0 aliphatic carbocycles. The van der Waals surface area contributed by atoms with Crippen molar-refractivity contribution in [1.82, 2.24) is 10.3 Å². The molecule has 0 fully saturated rings. The van der Waals surface area contributed by atoms with Gasteiger partial charge in [-0.15, -0.1) is 0 Å². The first kappa shape index (κ1) is 25.5. The number of esters is 1. The van der Waals surface area contributed by atoms with E-state index >= 15 is 0 Å². The normalized spacial score (nSPS) is 13.3. The minimum absolute atomic E-state index is 0.0768. The van der Waals surface area contributed by atoms with Gasteiger partial charge in [-0.2, -0.15) is 0 Å². The summed E-state index contributed by atoms with van der Waals surface area (Å²) in [6.45, 7) is 3.17. The molecule has 35 heavy (non-hydrogen) atoms. The number of ether oxygens (including phenoxy) is 3. The second-order valence-electron chi connectivity index (χ2n) is 7.82. The Labute approximate surface area is 202 Å². The Morgan fingerprint density at radius 2 is 1.69 bits per heavy atom. The van der Waals surface area contributed by atoms with Crippen molar-refractivity contribution in [3.63, 3.8) is 0 Å². The zero-order valence-electron chi connectivity index (χ0n) is 19.8. The van der Waals surface area contributed by atoms with Crippen molar-refractivity contribution in [2.75, 3.05) is 14.2 Å². The summed E-state index contributed by atoms with van der Waals surface area (Å²) in [6.07, 6.45) is 0.603. The van der Waals surface area contributed by atoms with Gasteiger partial charge in [-0.3, -0.25) is 4.79 Å². The number of halogens is 1. The number of nitrogens with one attached hydrogen (secondary N) is 1. The van der Waals surface area contributed by atoms with Crippen LogP contribution in [0.1, 0.15) is 41.4 Å². The second-order valence-corrected chi connectivity index (χ2v) is 7.82. The SMILES string of the molecule is COc1cc(F)ccc1[C@@H](c1ccccc1)[C@H](C)OC(=O)[C@H](C)NC(=O)c1nccc(OC)c1O. The van der Waals surface area contributed by atoms with Crippen LogP contribution in [0.15, 0.2) is 60.8 Å². The van der Waals surface area contributed by atoms with Crippen molar-refractivity contribution in [3.05, 3.63) is 83.4 Å². The molecule has 1 aromatic heterocycles.